The van der Waals surface area contributed by atoms with Gasteiger partial charge in [-0.3, -0.25) is 0 Å². The highest BCUT2D eigenvalue weighted by molar-refractivity contribution is 5.79. The highest BCUT2D eigenvalue weighted by Crippen LogP contribution is 2.25. The van der Waals surface area contributed by atoms with Crippen LogP contribution in [0.3, 0.4) is 0 Å². The maximum Gasteiger partial charge on any atom is -0.0152 e. The Hall–Kier alpha value is -1.56. The number of allylic oxidation sites excluding steroid dienone is 5. The van der Waals surface area contributed by atoms with Crippen molar-refractivity contribution in [3.63, 3.8) is 0 Å². The van der Waals surface area contributed by atoms with Crippen molar-refractivity contribution in [2.75, 3.05) is 0 Å². The normalized spacial score (nSPS) is 12.7. The van der Waals surface area contributed by atoms with E-state index in [2.05, 4.69) is 63.8 Å². The Bertz CT molecular complexity index is 419. The molecule has 0 aromatic heterocycles. The van der Waals surface area contributed by atoms with Gasteiger partial charge in [-0.1, -0.05) is 56.0 Å². The van der Waals surface area contributed by atoms with E-state index in [0.717, 1.165) is 6.42 Å². The highest BCUT2D eigenvalue weighted by Gasteiger charge is 2.04. The molecule has 0 amide bonds. The fourth-order valence-electron chi connectivity index (χ4n) is 1.86. The van der Waals surface area contributed by atoms with Gasteiger partial charge in [0.1, 0.15) is 0 Å². The molecule has 1 aromatic rings. The van der Waals surface area contributed by atoms with Gasteiger partial charge in [-0.25, -0.2) is 0 Å². The Labute approximate surface area is 99.0 Å². The molecule has 0 heterocycles. The Morgan fingerprint density at radius 3 is 2.50 bits per heavy atom. The van der Waals surface area contributed by atoms with Gasteiger partial charge in [0.2, 0.25) is 0 Å². The van der Waals surface area contributed by atoms with Crippen molar-refractivity contribution in [2.24, 2.45) is 0 Å². The van der Waals surface area contributed by atoms with Crippen LogP contribution in [0.1, 0.15) is 31.4 Å². The molecule has 0 saturated heterocycles. The van der Waals surface area contributed by atoms with Gasteiger partial charge in [0, 0.05) is 0 Å². The molecule has 0 aliphatic heterocycles. The number of hydrogen-bond donors (Lipinski definition) is 0. The molecular formula is C16H20. The van der Waals surface area contributed by atoms with E-state index in [-0.39, 0.29) is 0 Å². The van der Waals surface area contributed by atoms with E-state index >= 15 is 0 Å². The first-order valence-electron chi connectivity index (χ1n) is 5.78. The molecule has 0 radical (unpaired) electrons. The average Bonchev–Trinajstić information content (AvgIpc) is 2.30. The van der Waals surface area contributed by atoms with Crippen LogP contribution in [0.4, 0.5) is 0 Å². The Balaban J connectivity index is 3.39. The third-order valence-electron chi connectivity index (χ3n) is 2.74. The number of rotatable bonds is 4. The molecule has 1 aromatic carbocycles. The molecule has 0 nitrogen and oxygen atoms in total. The smallest absolute Gasteiger partial charge is 0.0152 e. The molecule has 0 unspecified atom stereocenters. The predicted molar refractivity (Wildman–Crippen MR) is 73.4 cm³/mol. The Morgan fingerprint density at radius 1 is 1.31 bits per heavy atom. The summed E-state index contributed by atoms with van der Waals surface area (Å²) in [6.45, 7) is 10.3. The summed E-state index contributed by atoms with van der Waals surface area (Å²) in [7, 11) is 0. The summed E-state index contributed by atoms with van der Waals surface area (Å²) in [6.07, 6.45) is 7.23. The topological polar surface area (TPSA) is 0 Å². The van der Waals surface area contributed by atoms with E-state index in [0.29, 0.717) is 0 Å². The summed E-state index contributed by atoms with van der Waals surface area (Å²) in [4.78, 5) is 0. The second-order valence-corrected chi connectivity index (χ2v) is 3.81. The zero-order chi connectivity index (χ0) is 12.0. The van der Waals surface area contributed by atoms with Gasteiger partial charge in [0.15, 0.2) is 0 Å². The van der Waals surface area contributed by atoms with Crippen LogP contribution in [0.5, 0.6) is 0 Å². The van der Waals surface area contributed by atoms with Crippen LogP contribution in [0.15, 0.2) is 54.6 Å². The van der Waals surface area contributed by atoms with E-state index in [1.165, 1.54) is 22.3 Å². The van der Waals surface area contributed by atoms with Crippen molar-refractivity contribution in [3.05, 3.63) is 65.8 Å². The molecule has 16 heavy (non-hydrogen) atoms. The van der Waals surface area contributed by atoms with E-state index in [1.54, 1.807) is 0 Å². The van der Waals surface area contributed by atoms with Crippen LogP contribution < -0.4 is 0 Å². The molecule has 0 N–H and O–H groups in total. The lowest BCUT2D eigenvalue weighted by Gasteiger charge is -2.10. The van der Waals surface area contributed by atoms with Crippen molar-refractivity contribution < 1.29 is 0 Å². The summed E-state index contributed by atoms with van der Waals surface area (Å²) in [5.74, 6) is 0. The van der Waals surface area contributed by atoms with Gasteiger partial charge < -0.3 is 0 Å². The molecular weight excluding hydrogens is 192 g/mol. The summed E-state index contributed by atoms with van der Waals surface area (Å²) in [5, 5.41) is 0. The minimum Gasteiger partial charge on any atom is -0.0988 e. The standard InChI is InChI=1S/C16H20/c1-5-10-16(14(6-2)7-3)15-12-9-8-11-13(15)4/h5-6,8-12H,2,7H2,1,3-4H3/b10-5-,16-14+. The van der Waals surface area contributed by atoms with Crippen LogP contribution in [0.2, 0.25) is 0 Å². The molecule has 1 rings (SSSR count). The van der Waals surface area contributed by atoms with Crippen LogP contribution in [-0.2, 0) is 0 Å². The molecule has 84 valence electrons. The first kappa shape index (κ1) is 12.5. The Kier molecular flexibility index (Phi) is 4.78. The van der Waals surface area contributed by atoms with Crippen molar-refractivity contribution in [1.29, 1.82) is 0 Å². The van der Waals surface area contributed by atoms with Gasteiger partial charge in [-0.2, -0.15) is 0 Å². The maximum absolute atomic E-state index is 3.90. The predicted octanol–water partition coefficient (Wildman–Crippen LogP) is 4.92. The molecule has 0 spiro atoms. The summed E-state index contributed by atoms with van der Waals surface area (Å²) >= 11 is 0. The lowest BCUT2D eigenvalue weighted by Crippen LogP contribution is -1.90. The summed E-state index contributed by atoms with van der Waals surface area (Å²) in [5.41, 5.74) is 5.20. The van der Waals surface area contributed by atoms with Crippen molar-refractivity contribution >= 4 is 5.57 Å². The van der Waals surface area contributed by atoms with Gasteiger partial charge in [0.05, 0.1) is 0 Å². The van der Waals surface area contributed by atoms with Gasteiger partial charge in [-0.05, 0) is 42.5 Å². The van der Waals surface area contributed by atoms with Gasteiger partial charge >= 0.3 is 0 Å². The second-order valence-electron chi connectivity index (χ2n) is 3.81. The first-order valence-corrected chi connectivity index (χ1v) is 5.78. The number of hydrogen-bond acceptors (Lipinski definition) is 0. The quantitative estimate of drug-likeness (QED) is 0.621. The monoisotopic (exact) mass is 212 g/mol. The van der Waals surface area contributed by atoms with E-state index in [1.807, 2.05) is 6.08 Å². The number of aryl methyl sites for hydroxylation is 1. The Morgan fingerprint density at radius 2 is 2.00 bits per heavy atom. The molecule has 0 aliphatic rings. The fourth-order valence-corrected chi connectivity index (χ4v) is 1.86. The lowest BCUT2D eigenvalue weighted by atomic mass is 9.94. The zero-order valence-electron chi connectivity index (χ0n) is 10.5. The van der Waals surface area contributed by atoms with Crippen LogP contribution in [0, 0.1) is 6.92 Å². The second kappa shape index (κ2) is 6.12. The molecule has 0 heteroatoms. The van der Waals surface area contributed by atoms with Gasteiger partial charge in [-0.15, -0.1) is 0 Å². The van der Waals surface area contributed by atoms with Gasteiger partial charge in [0.25, 0.3) is 0 Å². The van der Waals surface area contributed by atoms with Crippen molar-refractivity contribution in [3.8, 4) is 0 Å². The summed E-state index contributed by atoms with van der Waals surface area (Å²) in [6, 6.07) is 8.48. The SMILES string of the molecule is C=C/C(CC)=C(/C=C\C)c1ccccc1C. The molecule has 0 atom stereocenters. The molecule has 0 fully saturated rings. The number of benzene rings is 1. The zero-order valence-corrected chi connectivity index (χ0v) is 10.5. The van der Waals surface area contributed by atoms with Crippen molar-refractivity contribution in [1.82, 2.24) is 0 Å². The summed E-state index contributed by atoms with van der Waals surface area (Å²) < 4.78 is 0. The first-order chi connectivity index (χ1) is 7.74. The maximum atomic E-state index is 3.90. The molecule has 0 saturated carbocycles. The molecule has 0 bridgehead atoms. The average molecular weight is 212 g/mol. The lowest BCUT2D eigenvalue weighted by molar-refractivity contribution is 1.15. The van der Waals surface area contributed by atoms with Crippen molar-refractivity contribution in [2.45, 2.75) is 27.2 Å². The van der Waals surface area contributed by atoms with Crippen LogP contribution in [-0.4, -0.2) is 0 Å². The highest BCUT2D eigenvalue weighted by atomic mass is 14.1. The third kappa shape index (κ3) is 2.73. The van der Waals surface area contributed by atoms with Crippen LogP contribution >= 0.6 is 0 Å². The fraction of sp³-hybridized carbons (Fsp3) is 0.250. The van der Waals surface area contributed by atoms with E-state index in [4.69, 9.17) is 0 Å². The van der Waals surface area contributed by atoms with Crippen LogP contribution in [0.25, 0.3) is 5.57 Å². The minimum atomic E-state index is 1.01. The van der Waals surface area contributed by atoms with E-state index in [9.17, 15) is 0 Å². The molecule has 0 aliphatic carbocycles. The largest absolute Gasteiger partial charge is 0.0988 e. The third-order valence-corrected chi connectivity index (χ3v) is 2.74. The minimum absolute atomic E-state index is 1.01. The van der Waals surface area contributed by atoms with E-state index < -0.39 is 0 Å².